The smallest absolute Gasteiger partial charge is 0.344 e. The van der Waals surface area contributed by atoms with E-state index in [2.05, 4.69) is 5.32 Å². The molecule has 0 atom stereocenters. The van der Waals surface area contributed by atoms with Gasteiger partial charge in [-0.1, -0.05) is 23.7 Å². The maximum atomic E-state index is 11.9. The number of carbonyl (C=O) groups is 2. The average molecular weight is 380 g/mol. The van der Waals surface area contributed by atoms with Crippen LogP contribution in [0.5, 0.6) is 5.75 Å². The first kappa shape index (κ1) is 19.1. The maximum Gasteiger partial charge on any atom is 0.344 e. The first-order valence-corrected chi connectivity index (χ1v) is 9.07. The molecule has 0 fully saturated rings. The largest absolute Gasteiger partial charge is 0.482 e. The number of carbonyl (C=O) groups excluding carboxylic acids is 2. The van der Waals surface area contributed by atoms with Crippen molar-refractivity contribution in [2.45, 2.75) is 11.8 Å². The number of esters is 1. The van der Waals surface area contributed by atoms with E-state index >= 15 is 0 Å². The van der Waals surface area contributed by atoms with Gasteiger partial charge in [0.1, 0.15) is 5.75 Å². The number of thioether (sulfide) groups is 1. The molecule has 0 aliphatic rings. The summed E-state index contributed by atoms with van der Waals surface area (Å²) in [6.07, 6.45) is 1.92. The van der Waals surface area contributed by atoms with Gasteiger partial charge in [-0.25, -0.2) is 4.79 Å². The molecule has 2 rings (SSSR count). The molecule has 0 heterocycles. The number of ether oxygens (including phenoxy) is 2. The van der Waals surface area contributed by atoms with Crippen LogP contribution in [-0.4, -0.2) is 31.3 Å². The van der Waals surface area contributed by atoms with Gasteiger partial charge >= 0.3 is 5.97 Å². The Morgan fingerprint density at radius 2 is 1.92 bits per heavy atom. The highest BCUT2D eigenvalue weighted by molar-refractivity contribution is 7.98. The van der Waals surface area contributed by atoms with Crippen molar-refractivity contribution < 1.29 is 19.1 Å². The first-order valence-electron chi connectivity index (χ1n) is 7.47. The highest BCUT2D eigenvalue weighted by Gasteiger charge is 2.10. The van der Waals surface area contributed by atoms with Crippen LogP contribution in [0.1, 0.15) is 5.56 Å². The fourth-order valence-electron chi connectivity index (χ4n) is 1.97. The van der Waals surface area contributed by atoms with Crippen LogP contribution in [0.3, 0.4) is 0 Å². The average Bonchev–Trinajstić information content (AvgIpc) is 2.61. The zero-order chi connectivity index (χ0) is 18.2. The molecule has 1 amide bonds. The van der Waals surface area contributed by atoms with E-state index < -0.39 is 11.9 Å². The summed E-state index contributed by atoms with van der Waals surface area (Å²) in [6.45, 7) is 1.19. The summed E-state index contributed by atoms with van der Waals surface area (Å²) >= 11 is 7.44. The molecule has 0 aromatic heterocycles. The summed E-state index contributed by atoms with van der Waals surface area (Å²) in [4.78, 5) is 24.5. The number of para-hydroxylation sites is 1. The molecule has 132 valence electrons. The molecule has 0 aliphatic carbocycles. The van der Waals surface area contributed by atoms with Gasteiger partial charge < -0.3 is 14.8 Å². The molecule has 0 saturated carbocycles. The number of benzene rings is 2. The number of nitrogens with one attached hydrogen (secondary N) is 1. The third kappa shape index (κ3) is 5.99. The number of rotatable bonds is 7. The Morgan fingerprint density at radius 1 is 1.16 bits per heavy atom. The summed E-state index contributed by atoms with van der Waals surface area (Å²) in [5, 5.41) is 3.33. The van der Waals surface area contributed by atoms with Gasteiger partial charge in [-0.05, 0) is 49.1 Å². The molecular weight excluding hydrogens is 362 g/mol. The Morgan fingerprint density at radius 3 is 2.64 bits per heavy atom. The van der Waals surface area contributed by atoms with Crippen molar-refractivity contribution in [1.29, 1.82) is 0 Å². The standard InChI is InChI=1S/C18H18ClNO4S/c1-12-9-13(7-8-14(12)19)23-11-18(22)24-10-17(21)20-15-5-3-4-6-16(15)25-2/h3-9H,10-11H2,1-2H3,(H,20,21). The zero-order valence-corrected chi connectivity index (χ0v) is 15.4. The number of amides is 1. The number of hydrogen-bond acceptors (Lipinski definition) is 5. The quantitative estimate of drug-likeness (QED) is 0.583. The first-order chi connectivity index (χ1) is 12.0. The lowest BCUT2D eigenvalue weighted by Gasteiger charge is -2.10. The second-order valence-electron chi connectivity index (χ2n) is 5.11. The van der Waals surface area contributed by atoms with E-state index in [0.717, 1.165) is 10.5 Å². The molecule has 5 nitrogen and oxygen atoms in total. The number of anilines is 1. The third-order valence-electron chi connectivity index (χ3n) is 3.23. The minimum absolute atomic E-state index is 0.282. The van der Waals surface area contributed by atoms with Gasteiger partial charge in [0.25, 0.3) is 5.91 Å². The monoisotopic (exact) mass is 379 g/mol. The second kappa shape index (κ2) is 9.34. The van der Waals surface area contributed by atoms with Crippen molar-refractivity contribution in [3.63, 3.8) is 0 Å². The topological polar surface area (TPSA) is 64.6 Å². The van der Waals surface area contributed by atoms with E-state index in [9.17, 15) is 9.59 Å². The molecule has 0 saturated heterocycles. The van der Waals surface area contributed by atoms with Gasteiger partial charge in [-0.2, -0.15) is 0 Å². The third-order valence-corrected chi connectivity index (χ3v) is 4.45. The summed E-state index contributed by atoms with van der Waals surface area (Å²) in [5.74, 6) is -0.518. The number of halogens is 1. The molecular formula is C18H18ClNO4S. The molecule has 2 aromatic carbocycles. The van der Waals surface area contributed by atoms with E-state index in [-0.39, 0.29) is 13.2 Å². The van der Waals surface area contributed by atoms with Gasteiger partial charge in [0.15, 0.2) is 13.2 Å². The molecule has 7 heteroatoms. The zero-order valence-electron chi connectivity index (χ0n) is 13.9. The summed E-state index contributed by atoms with van der Waals surface area (Å²) < 4.78 is 10.2. The van der Waals surface area contributed by atoms with E-state index in [1.807, 2.05) is 31.4 Å². The van der Waals surface area contributed by atoms with Crippen LogP contribution < -0.4 is 10.1 Å². The van der Waals surface area contributed by atoms with Crippen LogP contribution in [0.4, 0.5) is 5.69 Å². The molecule has 25 heavy (non-hydrogen) atoms. The fourth-order valence-corrected chi connectivity index (χ4v) is 2.64. The van der Waals surface area contributed by atoms with Gasteiger partial charge in [-0.3, -0.25) is 4.79 Å². The van der Waals surface area contributed by atoms with Crippen LogP contribution >= 0.6 is 23.4 Å². The minimum atomic E-state index is -0.624. The molecule has 0 unspecified atom stereocenters. The lowest BCUT2D eigenvalue weighted by atomic mass is 10.2. The Labute approximate surface area is 155 Å². The van der Waals surface area contributed by atoms with Gasteiger partial charge in [0.2, 0.25) is 0 Å². The predicted octanol–water partition coefficient (Wildman–Crippen LogP) is 3.93. The molecule has 0 spiro atoms. The van der Waals surface area contributed by atoms with Gasteiger partial charge in [0, 0.05) is 9.92 Å². The highest BCUT2D eigenvalue weighted by atomic mass is 35.5. The van der Waals surface area contributed by atoms with Crippen molar-refractivity contribution in [3.05, 3.63) is 53.1 Å². The lowest BCUT2D eigenvalue weighted by molar-refractivity contribution is -0.149. The van der Waals surface area contributed by atoms with E-state index in [1.165, 1.54) is 11.8 Å². The summed E-state index contributed by atoms with van der Waals surface area (Å²) in [6, 6.07) is 12.5. The SMILES string of the molecule is CSc1ccccc1NC(=O)COC(=O)COc1ccc(Cl)c(C)c1. The molecule has 2 aromatic rings. The van der Waals surface area contributed by atoms with Crippen molar-refractivity contribution in [3.8, 4) is 5.75 Å². The molecule has 0 radical (unpaired) electrons. The summed E-state index contributed by atoms with van der Waals surface area (Å²) in [5.41, 5.74) is 1.53. The van der Waals surface area contributed by atoms with Crippen LogP contribution in [0, 0.1) is 6.92 Å². The Kier molecular flexibility index (Phi) is 7.16. The van der Waals surface area contributed by atoms with Crippen molar-refractivity contribution in [1.82, 2.24) is 0 Å². The normalized spacial score (nSPS) is 10.2. The number of hydrogen-bond donors (Lipinski definition) is 1. The molecule has 1 N–H and O–H groups in total. The highest BCUT2D eigenvalue weighted by Crippen LogP contribution is 2.24. The van der Waals surface area contributed by atoms with E-state index in [1.54, 1.807) is 24.3 Å². The van der Waals surface area contributed by atoms with Gasteiger partial charge in [-0.15, -0.1) is 11.8 Å². The van der Waals surface area contributed by atoms with Crippen LogP contribution in [-0.2, 0) is 14.3 Å². The van der Waals surface area contributed by atoms with E-state index in [4.69, 9.17) is 21.1 Å². The van der Waals surface area contributed by atoms with E-state index in [0.29, 0.717) is 16.5 Å². The fraction of sp³-hybridized carbons (Fsp3) is 0.222. The van der Waals surface area contributed by atoms with Gasteiger partial charge in [0.05, 0.1) is 5.69 Å². The van der Waals surface area contributed by atoms with Crippen molar-refractivity contribution in [2.75, 3.05) is 24.8 Å². The molecule has 0 bridgehead atoms. The summed E-state index contributed by atoms with van der Waals surface area (Å²) in [7, 11) is 0. The van der Waals surface area contributed by atoms with Crippen LogP contribution in [0.25, 0.3) is 0 Å². The number of aryl methyl sites for hydroxylation is 1. The lowest BCUT2D eigenvalue weighted by Crippen LogP contribution is -2.23. The van der Waals surface area contributed by atoms with Crippen molar-refractivity contribution >= 4 is 40.9 Å². The predicted molar refractivity (Wildman–Crippen MR) is 99.5 cm³/mol. The minimum Gasteiger partial charge on any atom is -0.482 e. The Balaban J connectivity index is 1.77. The Hall–Kier alpha value is -2.18. The second-order valence-corrected chi connectivity index (χ2v) is 6.36. The molecule has 0 aliphatic heterocycles. The maximum absolute atomic E-state index is 11.9. The van der Waals surface area contributed by atoms with Crippen molar-refractivity contribution in [2.24, 2.45) is 0 Å². The van der Waals surface area contributed by atoms with Crippen LogP contribution in [0.2, 0.25) is 5.02 Å². The van der Waals surface area contributed by atoms with Crippen LogP contribution in [0.15, 0.2) is 47.4 Å². The Bertz CT molecular complexity index is 766.